The summed E-state index contributed by atoms with van der Waals surface area (Å²) in [6.45, 7) is 0. The van der Waals surface area contributed by atoms with E-state index in [4.69, 9.17) is 0 Å². The van der Waals surface area contributed by atoms with E-state index >= 15 is 0 Å². The zero-order valence-electron chi connectivity index (χ0n) is 9.45. The molecule has 18 heavy (non-hydrogen) atoms. The van der Waals surface area contributed by atoms with Crippen molar-refractivity contribution in [2.24, 2.45) is 5.10 Å². The fourth-order valence-electron chi connectivity index (χ4n) is 1.51. The Morgan fingerprint density at radius 3 is 2.56 bits per heavy atom. The van der Waals surface area contributed by atoms with Gasteiger partial charge in [0.1, 0.15) is 5.52 Å². The van der Waals surface area contributed by atoms with Gasteiger partial charge in [-0.1, -0.05) is 41.7 Å². The molecular formula is C13H10N4S. The molecule has 0 saturated carbocycles. The lowest BCUT2D eigenvalue weighted by Gasteiger charge is -1.97. The molecule has 0 spiro atoms. The molecule has 5 heteroatoms. The highest BCUT2D eigenvalue weighted by Gasteiger charge is 1.94. The van der Waals surface area contributed by atoms with Crippen molar-refractivity contribution >= 4 is 27.2 Å². The minimum atomic E-state index is 0.609. The maximum Gasteiger partial charge on any atom is 0.248 e. The van der Waals surface area contributed by atoms with Crippen molar-refractivity contribution in [3.63, 3.8) is 0 Å². The summed E-state index contributed by atoms with van der Waals surface area (Å²) in [4.78, 5) is 0.609. The molecule has 0 atom stereocenters. The third-order valence-electron chi connectivity index (χ3n) is 2.36. The van der Waals surface area contributed by atoms with Crippen molar-refractivity contribution < 1.29 is 0 Å². The summed E-state index contributed by atoms with van der Waals surface area (Å²) in [7, 11) is 0. The van der Waals surface area contributed by atoms with Gasteiger partial charge in [0.25, 0.3) is 0 Å². The first kappa shape index (κ1) is 10.9. The van der Waals surface area contributed by atoms with Crippen LogP contribution in [0.25, 0.3) is 10.2 Å². The second kappa shape index (κ2) is 4.93. The quantitative estimate of drug-likeness (QED) is 0.715. The molecule has 0 bridgehead atoms. The summed E-state index contributed by atoms with van der Waals surface area (Å²) in [6, 6.07) is 17.6. The molecular weight excluding hydrogens is 244 g/mol. The van der Waals surface area contributed by atoms with Gasteiger partial charge in [0.15, 0.2) is 0 Å². The number of hydrogen-bond acceptors (Lipinski definition) is 5. The summed E-state index contributed by atoms with van der Waals surface area (Å²) < 4.78 is 1.07. The minimum Gasteiger partial charge on any atom is -0.276 e. The van der Waals surface area contributed by atoms with Crippen molar-refractivity contribution in [1.29, 1.82) is 0 Å². The Balaban J connectivity index is 1.94. The number of anilines is 1. The average molecular weight is 254 g/mol. The lowest BCUT2D eigenvalue weighted by Crippen LogP contribution is -2.08. The standard InChI is InChI=1S/C13H10N4S/c1-2-6-10(7-3-1)14-16-13-17-15-11-8-4-5-9-12(11)18-13/h1-9,14H. The lowest BCUT2D eigenvalue weighted by atomic mass is 10.3. The normalized spacial score (nSPS) is 11.7. The molecule has 0 aliphatic carbocycles. The number of fused-ring (bicyclic) bond motifs is 1. The SMILES string of the molecule is c1ccc(NN=c2nnc3ccccc3s2)cc1. The maximum atomic E-state index is 4.22. The van der Waals surface area contributed by atoms with Crippen LogP contribution < -0.4 is 10.2 Å². The monoisotopic (exact) mass is 254 g/mol. The van der Waals surface area contributed by atoms with E-state index in [-0.39, 0.29) is 0 Å². The number of para-hydroxylation sites is 1. The first-order chi connectivity index (χ1) is 8.92. The Morgan fingerprint density at radius 1 is 0.889 bits per heavy atom. The van der Waals surface area contributed by atoms with Gasteiger partial charge in [-0.15, -0.1) is 15.3 Å². The molecule has 0 aliphatic rings. The predicted octanol–water partition coefficient (Wildman–Crippen LogP) is 2.62. The second-order valence-corrected chi connectivity index (χ2v) is 4.65. The van der Waals surface area contributed by atoms with E-state index in [9.17, 15) is 0 Å². The van der Waals surface area contributed by atoms with E-state index < -0.39 is 0 Å². The molecule has 2 aromatic carbocycles. The molecule has 3 rings (SSSR count). The molecule has 3 aromatic rings. The first-order valence-corrected chi connectivity index (χ1v) is 6.31. The van der Waals surface area contributed by atoms with Gasteiger partial charge in [0, 0.05) is 0 Å². The number of rotatable bonds is 2. The molecule has 88 valence electrons. The van der Waals surface area contributed by atoms with Crippen LogP contribution in [0.1, 0.15) is 0 Å². The van der Waals surface area contributed by atoms with Gasteiger partial charge in [-0.2, -0.15) is 0 Å². The highest BCUT2D eigenvalue weighted by atomic mass is 32.1. The molecule has 0 radical (unpaired) electrons. The summed E-state index contributed by atoms with van der Waals surface area (Å²) in [5.41, 5.74) is 4.78. The Morgan fingerprint density at radius 2 is 1.67 bits per heavy atom. The predicted molar refractivity (Wildman–Crippen MR) is 73.0 cm³/mol. The van der Waals surface area contributed by atoms with Crippen molar-refractivity contribution in [3.05, 3.63) is 59.4 Å². The molecule has 1 aromatic heterocycles. The number of aromatic nitrogens is 2. The van der Waals surface area contributed by atoms with Crippen LogP contribution in [0.2, 0.25) is 0 Å². The molecule has 0 unspecified atom stereocenters. The maximum absolute atomic E-state index is 4.22. The topological polar surface area (TPSA) is 50.2 Å². The van der Waals surface area contributed by atoms with Crippen LogP contribution in [0.15, 0.2) is 59.7 Å². The molecule has 0 amide bonds. The van der Waals surface area contributed by atoms with E-state index in [2.05, 4.69) is 20.7 Å². The van der Waals surface area contributed by atoms with Crippen LogP contribution in [0, 0.1) is 0 Å². The van der Waals surface area contributed by atoms with E-state index in [1.807, 2.05) is 54.6 Å². The van der Waals surface area contributed by atoms with Crippen LogP contribution in [0.4, 0.5) is 5.69 Å². The molecule has 1 N–H and O–H groups in total. The second-order valence-electron chi connectivity index (χ2n) is 3.64. The van der Waals surface area contributed by atoms with Crippen molar-refractivity contribution in [1.82, 2.24) is 10.2 Å². The third kappa shape index (κ3) is 2.36. The van der Waals surface area contributed by atoms with E-state index in [1.54, 1.807) is 0 Å². The summed E-state index contributed by atoms with van der Waals surface area (Å²) in [5.74, 6) is 0. The Labute approximate surface area is 108 Å². The van der Waals surface area contributed by atoms with Gasteiger partial charge in [-0.25, -0.2) is 0 Å². The fourth-order valence-corrected chi connectivity index (χ4v) is 2.24. The van der Waals surface area contributed by atoms with Gasteiger partial charge in [-0.3, -0.25) is 5.43 Å². The van der Waals surface area contributed by atoms with Gasteiger partial charge < -0.3 is 0 Å². The lowest BCUT2D eigenvalue weighted by molar-refractivity contribution is 1.01. The van der Waals surface area contributed by atoms with Gasteiger partial charge >= 0.3 is 0 Å². The number of nitrogens with zero attached hydrogens (tertiary/aromatic N) is 3. The van der Waals surface area contributed by atoms with Crippen molar-refractivity contribution in [2.75, 3.05) is 5.43 Å². The Kier molecular flexibility index (Phi) is 2.97. The Bertz CT molecular complexity index is 721. The Hall–Kier alpha value is -2.27. The summed E-state index contributed by atoms with van der Waals surface area (Å²) in [6.07, 6.45) is 0. The van der Waals surface area contributed by atoms with Crippen LogP contribution in [-0.2, 0) is 0 Å². The number of nitrogens with one attached hydrogen (secondary N) is 1. The average Bonchev–Trinajstić information content (AvgIpc) is 2.46. The van der Waals surface area contributed by atoms with Crippen molar-refractivity contribution in [2.45, 2.75) is 0 Å². The van der Waals surface area contributed by atoms with E-state index in [1.165, 1.54) is 11.3 Å². The summed E-state index contributed by atoms with van der Waals surface area (Å²) >= 11 is 1.50. The highest BCUT2D eigenvalue weighted by molar-refractivity contribution is 7.15. The van der Waals surface area contributed by atoms with Crippen LogP contribution in [0.3, 0.4) is 0 Å². The number of hydrogen-bond donors (Lipinski definition) is 1. The van der Waals surface area contributed by atoms with E-state index in [0.29, 0.717) is 4.80 Å². The van der Waals surface area contributed by atoms with Gasteiger partial charge in [0.05, 0.1) is 10.4 Å². The van der Waals surface area contributed by atoms with Crippen molar-refractivity contribution in [3.8, 4) is 0 Å². The molecule has 0 aliphatic heterocycles. The van der Waals surface area contributed by atoms with E-state index in [0.717, 1.165) is 15.9 Å². The molecule has 1 heterocycles. The highest BCUT2D eigenvalue weighted by Crippen LogP contribution is 2.10. The zero-order chi connectivity index (χ0) is 12.2. The number of benzene rings is 2. The third-order valence-corrected chi connectivity index (χ3v) is 3.28. The van der Waals surface area contributed by atoms with Crippen LogP contribution >= 0.6 is 11.3 Å². The van der Waals surface area contributed by atoms with Gasteiger partial charge in [-0.05, 0) is 24.3 Å². The smallest absolute Gasteiger partial charge is 0.248 e. The minimum absolute atomic E-state index is 0.609. The van der Waals surface area contributed by atoms with Gasteiger partial charge in [0.2, 0.25) is 4.80 Å². The first-order valence-electron chi connectivity index (χ1n) is 5.49. The summed E-state index contributed by atoms with van der Waals surface area (Å²) in [5, 5.41) is 12.4. The molecule has 0 fully saturated rings. The zero-order valence-corrected chi connectivity index (χ0v) is 10.3. The molecule has 0 saturated heterocycles. The fraction of sp³-hybridized carbons (Fsp3) is 0. The van der Waals surface area contributed by atoms with Crippen LogP contribution in [0.5, 0.6) is 0 Å². The molecule has 4 nitrogen and oxygen atoms in total. The largest absolute Gasteiger partial charge is 0.276 e. The van der Waals surface area contributed by atoms with Crippen LogP contribution in [-0.4, -0.2) is 10.2 Å².